The summed E-state index contributed by atoms with van der Waals surface area (Å²) in [5.41, 5.74) is 0. The van der Waals surface area contributed by atoms with Gasteiger partial charge in [-0.15, -0.1) is 12.4 Å². The molecular formula is C3H4Br2ClN. The van der Waals surface area contributed by atoms with Gasteiger partial charge in [0.05, 0.1) is 6.07 Å². The highest BCUT2D eigenvalue weighted by molar-refractivity contribution is 9.12. The molecule has 42 valence electrons. The molecule has 0 aromatic carbocycles. The highest BCUT2D eigenvalue weighted by Gasteiger charge is 1.92. The third-order valence-corrected chi connectivity index (χ3v) is 2.32. The fraction of sp³-hybridized carbons (Fsp3) is 0.667. The molecule has 0 spiro atoms. The smallest absolute Gasteiger partial charge is 0.111 e. The van der Waals surface area contributed by atoms with Crippen molar-refractivity contribution in [3.8, 4) is 6.07 Å². The maximum atomic E-state index is 8.01. The number of hydrogen-bond acceptors (Lipinski definition) is 1. The molecule has 0 bridgehead atoms. The van der Waals surface area contributed by atoms with Crippen LogP contribution in [0.15, 0.2) is 0 Å². The van der Waals surface area contributed by atoms with Gasteiger partial charge in [0.25, 0.3) is 0 Å². The topological polar surface area (TPSA) is 23.8 Å². The fourth-order valence-electron chi connectivity index (χ4n) is 0.0345. The lowest BCUT2D eigenvalue weighted by molar-refractivity contribution is 1.30. The van der Waals surface area contributed by atoms with Crippen LogP contribution in [0, 0.1) is 11.3 Å². The van der Waals surface area contributed by atoms with E-state index in [1.54, 1.807) is 0 Å². The zero-order valence-corrected chi connectivity index (χ0v) is 7.38. The van der Waals surface area contributed by atoms with Gasteiger partial charge in [-0.05, 0) is 0 Å². The van der Waals surface area contributed by atoms with E-state index in [2.05, 4.69) is 31.9 Å². The lowest BCUT2D eigenvalue weighted by Gasteiger charge is -1.83. The molecule has 0 aliphatic carbocycles. The summed E-state index contributed by atoms with van der Waals surface area (Å²) >= 11 is 6.17. The number of alkyl halides is 2. The van der Waals surface area contributed by atoms with Gasteiger partial charge in [0.1, 0.15) is 4.83 Å². The molecule has 1 unspecified atom stereocenters. The van der Waals surface area contributed by atoms with Crippen molar-refractivity contribution in [2.75, 3.05) is 5.33 Å². The van der Waals surface area contributed by atoms with E-state index in [9.17, 15) is 0 Å². The Morgan fingerprint density at radius 1 is 1.71 bits per heavy atom. The van der Waals surface area contributed by atoms with Gasteiger partial charge in [-0.1, -0.05) is 31.9 Å². The average Bonchev–Trinajstić information content (AvgIpc) is 1.65. The second kappa shape index (κ2) is 6.74. The first-order valence-electron chi connectivity index (χ1n) is 1.41. The SMILES string of the molecule is Cl.N#CC(Br)CBr. The molecule has 1 atom stereocenters. The summed E-state index contributed by atoms with van der Waals surface area (Å²) < 4.78 is 0. The summed E-state index contributed by atoms with van der Waals surface area (Å²) in [7, 11) is 0. The lowest BCUT2D eigenvalue weighted by Crippen LogP contribution is -1.90. The molecule has 7 heavy (non-hydrogen) atoms. The van der Waals surface area contributed by atoms with Crippen molar-refractivity contribution >= 4 is 44.3 Å². The third-order valence-electron chi connectivity index (χ3n) is 0.276. The Morgan fingerprint density at radius 3 is 2.14 bits per heavy atom. The van der Waals surface area contributed by atoms with E-state index < -0.39 is 0 Å². The zero-order valence-electron chi connectivity index (χ0n) is 3.40. The molecule has 0 amide bonds. The predicted octanol–water partition coefficient (Wildman–Crippen LogP) is 2.09. The van der Waals surface area contributed by atoms with Gasteiger partial charge in [0.2, 0.25) is 0 Å². The molecule has 0 aromatic heterocycles. The molecule has 0 radical (unpaired) electrons. The van der Waals surface area contributed by atoms with E-state index in [0.29, 0.717) is 5.33 Å². The minimum atomic E-state index is -0.0301. The monoisotopic (exact) mass is 247 g/mol. The summed E-state index contributed by atoms with van der Waals surface area (Å²) in [6, 6.07) is 1.98. The van der Waals surface area contributed by atoms with Crippen LogP contribution in [0.2, 0.25) is 0 Å². The van der Waals surface area contributed by atoms with Crippen molar-refractivity contribution in [3.63, 3.8) is 0 Å². The molecular weight excluding hydrogens is 245 g/mol. The van der Waals surface area contributed by atoms with Crippen LogP contribution in [0.4, 0.5) is 0 Å². The highest BCUT2D eigenvalue weighted by Crippen LogP contribution is 1.99. The van der Waals surface area contributed by atoms with Crippen molar-refractivity contribution in [2.45, 2.75) is 4.83 Å². The Labute approximate surface area is 65.7 Å². The maximum Gasteiger partial charge on any atom is 0.111 e. The molecule has 0 N–H and O–H groups in total. The average molecular weight is 249 g/mol. The van der Waals surface area contributed by atoms with E-state index in [-0.39, 0.29) is 17.2 Å². The molecule has 0 saturated carbocycles. The summed E-state index contributed by atoms with van der Waals surface area (Å²) in [4.78, 5) is -0.0301. The molecule has 0 aliphatic heterocycles. The highest BCUT2D eigenvalue weighted by atomic mass is 79.9. The molecule has 0 fully saturated rings. The van der Waals surface area contributed by atoms with Crippen molar-refractivity contribution < 1.29 is 0 Å². The summed E-state index contributed by atoms with van der Waals surface area (Å²) in [6.45, 7) is 0. The van der Waals surface area contributed by atoms with Crippen LogP contribution in [0.3, 0.4) is 0 Å². The summed E-state index contributed by atoms with van der Waals surface area (Å²) in [5.74, 6) is 0. The van der Waals surface area contributed by atoms with Crippen molar-refractivity contribution in [1.82, 2.24) is 0 Å². The normalized spacial score (nSPS) is 11.0. The van der Waals surface area contributed by atoms with E-state index in [1.807, 2.05) is 6.07 Å². The van der Waals surface area contributed by atoms with Crippen LogP contribution in [-0.4, -0.2) is 10.2 Å². The van der Waals surface area contributed by atoms with Crippen LogP contribution >= 0.6 is 44.3 Å². The second-order valence-corrected chi connectivity index (χ2v) is 2.50. The van der Waals surface area contributed by atoms with Gasteiger partial charge < -0.3 is 0 Å². The number of nitrogens with zero attached hydrogens (tertiary/aromatic N) is 1. The number of halogens is 3. The summed E-state index contributed by atoms with van der Waals surface area (Å²) in [6.07, 6.45) is 0. The van der Waals surface area contributed by atoms with Crippen LogP contribution in [0.1, 0.15) is 0 Å². The van der Waals surface area contributed by atoms with E-state index in [1.165, 1.54) is 0 Å². The van der Waals surface area contributed by atoms with Crippen LogP contribution in [0.5, 0.6) is 0 Å². The van der Waals surface area contributed by atoms with Gasteiger partial charge in [0, 0.05) is 5.33 Å². The molecule has 0 saturated heterocycles. The van der Waals surface area contributed by atoms with E-state index in [0.717, 1.165) is 0 Å². The Bertz CT molecular complexity index is 69.8. The zero-order chi connectivity index (χ0) is 4.99. The van der Waals surface area contributed by atoms with Crippen molar-refractivity contribution in [2.24, 2.45) is 0 Å². The van der Waals surface area contributed by atoms with Crippen molar-refractivity contribution in [1.29, 1.82) is 5.26 Å². The van der Waals surface area contributed by atoms with Gasteiger partial charge in [-0.3, -0.25) is 0 Å². The first-order valence-corrected chi connectivity index (χ1v) is 3.44. The molecule has 0 rings (SSSR count). The fourth-order valence-corrected chi connectivity index (χ4v) is 0.179. The third kappa shape index (κ3) is 6.74. The number of rotatable bonds is 1. The Balaban J connectivity index is 0. The van der Waals surface area contributed by atoms with Gasteiger partial charge >= 0.3 is 0 Å². The van der Waals surface area contributed by atoms with E-state index >= 15 is 0 Å². The van der Waals surface area contributed by atoms with Gasteiger partial charge in [-0.2, -0.15) is 5.26 Å². The Kier molecular flexibility index (Phi) is 10.3. The minimum Gasteiger partial charge on any atom is -0.197 e. The first-order chi connectivity index (χ1) is 2.81. The van der Waals surface area contributed by atoms with Crippen LogP contribution < -0.4 is 0 Å². The van der Waals surface area contributed by atoms with E-state index in [4.69, 9.17) is 5.26 Å². The largest absolute Gasteiger partial charge is 0.197 e. The van der Waals surface area contributed by atoms with Gasteiger partial charge in [0.15, 0.2) is 0 Å². The first kappa shape index (κ1) is 10.7. The summed E-state index contributed by atoms with van der Waals surface area (Å²) in [5, 5.41) is 8.71. The number of hydrogen-bond donors (Lipinski definition) is 0. The predicted molar refractivity (Wildman–Crippen MR) is 39.4 cm³/mol. The van der Waals surface area contributed by atoms with Gasteiger partial charge in [-0.25, -0.2) is 0 Å². The Hall–Kier alpha value is 0.740. The molecule has 4 heteroatoms. The van der Waals surface area contributed by atoms with Crippen LogP contribution in [-0.2, 0) is 0 Å². The second-order valence-electron chi connectivity index (χ2n) is 0.751. The Morgan fingerprint density at radius 2 is 2.14 bits per heavy atom. The lowest BCUT2D eigenvalue weighted by atomic mass is 10.6. The minimum absolute atomic E-state index is 0. The quantitative estimate of drug-likeness (QED) is 0.653. The molecule has 0 aromatic rings. The molecule has 1 nitrogen and oxygen atoms in total. The molecule has 0 aliphatic rings. The standard InChI is InChI=1S/C3H3Br2N.ClH/c4-1-3(5)2-6;/h3H,1H2;1H. The maximum absolute atomic E-state index is 8.01. The molecule has 0 heterocycles. The van der Waals surface area contributed by atoms with Crippen molar-refractivity contribution in [3.05, 3.63) is 0 Å². The number of nitriles is 1. The van der Waals surface area contributed by atoms with Crippen LogP contribution in [0.25, 0.3) is 0 Å².